The first kappa shape index (κ1) is 12.0. The molecule has 0 bridgehead atoms. The summed E-state index contributed by atoms with van der Waals surface area (Å²) in [7, 11) is 0. The summed E-state index contributed by atoms with van der Waals surface area (Å²) in [5, 5.41) is 2.50. The fraction of sp³-hybridized carbons (Fsp3) is 0.800. The van der Waals surface area contributed by atoms with Crippen molar-refractivity contribution in [2.75, 3.05) is 6.54 Å². The van der Waals surface area contributed by atoms with Crippen LogP contribution in [0.2, 0.25) is 0 Å². The highest BCUT2D eigenvalue weighted by Crippen LogP contribution is 2.25. The molecule has 2 amide bonds. The largest absolute Gasteiger partial charge is 0.368 e. The molecule has 0 aromatic heterocycles. The van der Waals surface area contributed by atoms with E-state index in [4.69, 9.17) is 11.5 Å². The Morgan fingerprint density at radius 1 is 1.20 bits per heavy atom. The topological polar surface area (TPSA) is 98.2 Å². The van der Waals surface area contributed by atoms with E-state index in [1.165, 1.54) is 0 Å². The van der Waals surface area contributed by atoms with Gasteiger partial charge in [0, 0.05) is 12.5 Å². The van der Waals surface area contributed by atoms with E-state index in [2.05, 4.69) is 5.32 Å². The molecular formula is C10H19N3O2. The number of hydrogen-bond acceptors (Lipinski definition) is 3. The molecule has 15 heavy (non-hydrogen) atoms. The average molecular weight is 213 g/mol. The third-order valence-electron chi connectivity index (χ3n) is 2.83. The van der Waals surface area contributed by atoms with Crippen molar-refractivity contribution in [2.24, 2.45) is 17.4 Å². The van der Waals surface area contributed by atoms with E-state index in [9.17, 15) is 9.59 Å². The Morgan fingerprint density at radius 2 is 1.80 bits per heavy atom. The number of carbonyl (C=O) groups excluding carboxylic acids is 2. The Labute approximate surface area is 89.6 Å². The van der Waals surface area contributed by atoms with Crippen molar-refractivity contribution >= 4 is 11.8 Å². The molecule has 0 aliphatic heterocycles. The summed E-state index contributed by atoms with van der Waals surface area (Å²) in [6.07, 6.45) is 4.48. The van der Waals surface area contributed by atoms with Crippen LogP contribution in [-0.4, -0.2) is 24.4 Å². The molecule has 0 aromatic rings. The molecule has 1 saturated carbocycles. The molecule has 0 aromatic carbocycles. The molecule has 1 aliphatic rings. The van der Waals surface area contributed by atoms with Crippen LogP contribution in [0.4, 0.5) is 0 Å². The SMILES string of the molecule is NC(=O)CNC(=O)CC1CCC(N)CC1. The van der Waals surface area contributed by atoms with E-state index < -0.39 is 5.91 Å². The normalized spacial score (nSPS) is 25.9. The zero-order valence-corrected chi connectivity index (χ0v) is 8.87. The molecule has 0 unspecified atom stereocenters. The molecule has 0 spiro atoms. The zero-order chi connectivity index (χ0) is 11.3. The zero-order valence-electron chi connectivity index (χ0n) is 8.87. The highest BCUT2D eigenvalue weighted by atomic mass is 16.2. The number of rotatable bonds is 4. The maximum atomic E-state index is 11.3. The minimum atomic E-state index is -0.506. The van der Waals surface area contributed by atoms with E-state index in [0.29, 0.717) is 18.4 Å². The molecule has 86 valence electrons. The Balaban J connectivity index is 2.17. The van der Waals surface area contributed by atoms with E-state index in [1.54, 1.807) is 0 Å². The second kappa shape index (κ2) is 5.70. The first-order valence-electron chi connectivity index (χ1n) is 5.38. The Morgan fingerprint density at radius 3 is 2.33 bits per heavy atom. The number of nitrogens with two attached hydrogens (primary N) is 2. The second-order valence-corrected chi connectivity index (χ2v) is 4.23. The van der Waals surface area contributed by atoms with Gasteiger partial charge in [-0.3, -0.25) is 9.59 Å². The van der Waals surface area contributed by atoms with E-state index in [0.717, 1.165) is 25.7 Å². The lowest BCUT2D eigenvalue weighted by Crippen LogP contribution is -2.35. The van der Waals surface area contributed by atoms with Gasteiger partial charge in [-0.1, -0.05) is 0 Å². The molecule has 0 heterocycles. The standard InChI is InChI=1S/C10H19N3O2/c11-8-3-1-7(2-4-8)5-10(15)13-6-9(12)14/h7-8H,1-6,11H2,(H2,12,14)(H,13,15). The quantitative estimate of drug-likeness (QED) is 0.587. The van der Waals surface area contributed by atoms with Crippen LogP contribution < -0.4 is 16.8 Å². The minimum absolute atomic E-state index is 0.0644. The fourth-order valence-electron chi connectivity index (χ4n) is 1.91. The maximum Gasteiger partial charge on any atom is 0.236 e. The van der Waals surface area contributed by atoms with Gasteiger partial charge in [0.15, 0.2) is 0 Å². The molecular weight excluding hydrogens is 194 g/mol. The van der Waals surface area contributed by atoms with Crippen molar-refractivity contribution in [3.63, 3.8) is 0 Å². The van der Waals surface area contributed by atoms with Gasteiger partial charge in [0.05, 0.1) is 6.54 Å². The van der Waals surface area contributed by atoms with Gasteiger partial charge in [-0.2, -0.15) is 0 Å². The van der Waals surface area contributed by atoms with Crippen LogP contribution in [0.3, 0.4) is 0 Å². The molecule has 1 aliphatic carbocycles. The van der Waals surface area contributed by atoms with Gasteiger partial charge in [-0.25, -0.2) is 0 Å². The molecule has 0 saturated heterocycles. The molecule has 5 nitrogen and oxygen atoms in total. The van der Waals surface area contributed by atoms with Crippen molar-refractivity contribution in [3.05, 3.63) is 0 Å². The third kappa shape index (κ3) is 4.78. The smallest absolute Gasteiger partial charge is 0.236 e. The maximum absolute atomic E-state index is 11.3. The number of hydrogen-bond donors (Lipinski definition) is 3. The molecule has 1 rings (SSSR count). The van der Waals surface area contributed by atoms with Gasteiger partial charge in [0.25, 0.3) is 0 Å². The monoisotopic (exact) mass is 213 g/mol. The lowest BCUT2D eigenvalue weighted by molar-refractivity contribution is -0.125. The third-order valence-corrected chi connectivity index (χ3v) is 2.83. The summed E-state index contributed by atoms with van der Waals surface area (Å²) in [6.45, 7) is -0.0644. The second-order valence-electron chi connectivity index (χ2n) is 4.23. The van der Waals surface area contributed by atoms with E-state index in [-0.39, 0.29) is 12.5 Å². The van der Waals surface area contributed by atoms with Gasteiger partial charge in [0.2, 0.25) is 11.8 Å². The Bertz CT molecular complexity index is 235. The van der Waals surface area contributed by atoms with E-state index >= 15 is 0 Å². The van der Waals surface area contributed by atoms with Crippen molar-refractivity contribution < 1.29 is 9.59 Å². The summed E-state index contributed by atoms with van der Waals surface area (Å²) in [5.41, 5.74) is 10.7. The molecule has 5 N–H and O–H groups in total. The predicted octanol–water partition coefficient (Wildman–Crippen LogP) is -0.504. The lowest BCUT2D eigenvalue weighted by Gasteiger charge is -2.25. The van der Waals surface area contributed by atoms with Gasteiger partial charge < -0.3 is 16.8 Å². The van der Waals surface area contributed by atoms with Crippen molar-refractivity contribution in [2.45, 2.75) is 38.1 Å². The van der Waals surface area contributed by atoms with Crippen LogP contribution in [0.15, 0.2) is 0 Å². The number of carbonyl (C=O) groups is 2. The summed E-state index contributed by atoms with van der Waals surface area (Å²) in [4.78, 5) is 21.8. The summed E-state index contributed by atoms with van der Waals surface area (Å²) in [5.74, 6) is -0.180. The number of primary amides is 1. The minimum Gasteiger partial charge on any atom is -0.368 e. The van der Waals surface area contributed by atoms with Crippen molar-refractivity contribution in [3.8, 4) is 0 Å². The Kier molecular flexibility index (Phi) is 4.55. The van der Waals surface area contributed by atoms with Crippen LogP contribution >= 0.6 is 0 Å². The van der Waals surface area contributed by atoms with Crippen LogP contribution in [-0.2, 0) is 9.59 Å². The molecule has 0 atom stereocenters. The Hall–Kier alpha value is -1.10. The number of amides is 2. The van der Waals surface area contributed by atoms with Crippen LogP contribution in [0.5, 0.6) is 0 Å². The highest BCUT2D eigenvalue weighted by Gasteiger charge is 2.20. The lowest BCUT2D eigenvalue weighted by atomic mass is 9.84. The van der Waals surface area contributed by atoms with Crippen molar-refractivity contribution in [1.82, 2.24) is 5.32 Å². The van der Waals surface area contributed by atoms with E-state index in [1.807, 2.05) is 0 Å². The van der Waals surface area contributed by atoms with Gasteiger partial charge in [0.1, 0.15) is 0 Å². The van der Waals surface area contributed by atoms with Gasteiger partial charge in [-0.15, -0.1) is 0 Å². The molecule has 0 radical (unpaired) electrons. The van der Waals surface area contributed by atoms with Gasteiger partial charge in [-0.05, 0) is 31.6 Å². The van der Waals surface area contributed by atoms with Gasteiger partial charge >= 0.3 is 0 Å². The summed E-state index contributed by atoms with van der Waals surface area (Å²) in [6, 6.07) is 0.301. The van der Waals surface area contributed by atoms with Crippen LogP contribution in [0.1, 0.15) is 32.1 Å². The average Bonchev–Trinajstić information content (AvgIpc) is 2.19. The highest BCUT2D eigenvalue weighted by molar-refractivity contribution is 5.83. The first-order chi connectivity index (χ1) is 7.08. The van der Waals surface area contributed by atoms with Crippen LogP contribution in [0, 0.1) is 5.92 Å². The summed E-state index contributed by atoms with van der Waals surface area (Å²) >= 11 is 0. The predicted molar refractivity (Wildman–Crippen MR) is 56.8 cm³/mol. The summed E-state index contributed by atoms with van der Waals surface area (Å²) < 4.78 is 0. The molecule has 1 fully saturated rings. The first-order valence-corrected chi connectivity index (χ1v) is 5.38. The molecule has 5 heteroatoms. The fourth-order valence-corrected chi connectivity index (χ4v) is 1.91. The van der Waals surface area contributed by atoms with Crippen molar-refractivity contribution in [1.29, 1.82) is 0 Å². The van der Waals surface area contributed by atoms with Crippen LogP contribution in [0.25, 0.3) is 0 Å². The number of nitrogens with one attached hydrogen (secondary N) is 1.